The molecule has 0 aliphatic carbocycles. The van der Waals surface area contributed by atoms with Crippen molar-refractivity contribution in [3.63, 3.8) is 0 Å². The van der Waals surface area contributed by atoms with E-state index in [4.69, 9.17) is 16.6 Å². The fourth-order valence-corrected chi connectivity index (χ4v) is 4.07. The number of amides is 2. The minimum Gasteiger partial charge on any atom is -0.360 e. The highest BCUT2D eigenvalue weighted by Gasteiger charge is 2.17. The number of carbonyl (C=O) groups excluding carboxylic acids is 2. The summed E-state index contributed by atoms with van der Waals surface area (Å²) < 4.78 is 0. The number of piperazine rings is 1. The predicted octanol–water partition coefficient (Wildman–Crippen LogP) is 4.74. The molecule has 164 valence electrons. The number of para-hydroxylation sites is 1. The number of hydrogen-bond donors (Lipinski definition) is 2. The lowest BCUT2D eigenvalue weighted by Gasteiger charge is -2.28. The molecule has 2 N–H and O–H groups in total. The molecule has 3 aromatic carbocycles. The summed E-state index contributed by atoms with van der Waals surface area (Å²) in [5, 5.41) is 7.24. The van der Waals surface area contributed by atoms with E-state index in [0.717, 1.165) is 28.7 Å². The molecule has 0 radical (unpaired) electrons. The van der Waals surface area contributed by atoms with Gasteiger partial charge in [-0.15, -0.1) is 0 Å². The number of rotatable bonds is 4. The summed E-state index contributed by atoms with van der Waals surface area (Å²) in [5.74, 6) is -0.200. The minimum absolute atomic E-state index is 0.0136. The van der Waals surface area contributed by atoms with Crippen LogP contribution in [-0.2, 0) is 4.79 Å². The average molecular weight is 457 g/mol. The molecule has 0 bridgehead atoms. The van der Waals surface area contributed by atoms with Crippen LogP contribution in [0.25, 0.3) is 22.2 Å². The molecule has 7 heteroatoms. The summed E-state index contributed by atoms with van der Waals surface area (Å²) in [6, 6.07) is 24.3. The smallest absolute Gasteiger partial charge is 0.256 e. The molecule has 2 heterocycles. The van der Waals surface area contributed by atoms with Gasteiger partial charge in [0, 0.05) is 40.4 Å². The summed E-state index contributed by atoms with van der Waals surface area (Å²) in [5.41, 5.74) is 4.50. The SMILES string of the molecule is O=C1CN(c2ccc(NC(=O)c3cc(-c4ccc(Cl)cc4)nc4ccccc34)cc2)CCN1. The van der Waals surface area contributed by atoms with Crippen LogP contribution >= 0.6 is 11.6 Å². The fraction of sp³-hybridized carbons (Fsp3) is 0.115. The number of halogens is 1. The number of carbonyl (C=O) groups is 2. The van der Waals surface area contributed by atoms with Crippen molar-refractivity contribution in [2.24, 2.45) is 0 Å². The Morgan fingerprint density at radius 2 is 1.76 bits per heavy atom. The average Bonchev–Trinajstić information content (AvgIpc) is 2.84. The molecule has 0 saturated carbocycles. The van der Waals surface area contributed by atoms with Gasteiger partial charge in [-0.3, -0.25) is 9.59 Å². The van der Waals surface area contributed by atoms with E-state index < -0.39 is 0 Å². The van der Waals surface area contributed by atoms with E-state index in [1.165, 1.54) is 0 Å². The normalized spacial score (nSPS) is 13.6. The number of aromatic nitrogens is 1. The van der Waals surface area contributed by atoms with Crippen LogP contribution in [0.4, 0.5) is 11.4 Å². The number of fused-ring (bicyclic) bond motifs is 1. The van der Waals surface area contributed by atoms with Gasteiger partial charge < -0.3 is 15.5 Å². The second-order valence-corrected chi connectivity index (χ2v) is 8.29. The molecule has 4 aromatic rings. The van der Waals surface area contributed by atoms with Gasteiger partial charge in [0.15, 0.2) is 0 Å². The number of pyridine rings is 1. The first kappa shape index (κ1) is 21.0. The molecular weight excluding hydrogens is 436 g/mol. The first-order valence-corrected chi connectivity index (χ1v) is 11.0. The zero-order chi connectivity index (χ0) is 22.8. The molecule has 33 heavy (non-hydrogen) atoms. The van der Waals surface area contributed by atoms with Gasteiger partial charge in [-0.2, -0.15) is 0 Å². The van der Waals surface area contributed by atoms with Crippen molar-refractivity contribution in [2.45, 2.75) is 0 Å². The second-order valence-electron chi connectivity index (χ2n) is 7.85. The molecule has 5 rings (SSSR count). The number of nitrogens with zero attached hydrogens (tertiary/aromatic N) is 2. The molecule has 2 amide bonds. The van der Waals surface area contributed by atoms with Crippen molar-refractivity contribution in [3.8, 4) is 11.3 Å². The molecule has 0 unspecified atom stereocenters. The third-order valence-electron chi connectivity index (χ3n) is 5.63. The van der Waals surface area contributed by atoms with E-state index in [1.807, 2.05) is 71.6 Å². The van der Waals surface area contributed by atoms with Crippen LogP contribution in [0.5, 0.6) is 0 Å². The number of anilines is 2. The van der Waals surface area contributed by atoms with Gasteiger partial charge in [-0.05, 0) is 48.5 Å². The maximum atomic E-state index is 13.3. The third kappa shape index (κ3) is 4.52. The lowest BCUT2D eigenvalue weighted by molar-refractivity contribution is -0.120. The van der Waals surface area contributed by atoms with Crippen LogP contribution in [0.15, 0.2) is 78.9 Å². The topological polar surface area (TPSA) is 74.3 Å². The van der Waals surface area contributed by atoms with Crippen molar-refractivity contribution in [1.29, 1.82) is 0 Å². The molecule has 6 nitrogen and oxygen atoms in total. The van der Waals surface area contributed by atoms with Crippen LogP contribution in [0.1, 0.15) is 10.4 Å². The standard InChI is InChI=1S/C26H21ClN4O2/c27-18-7-5-17(6-8-18)24-15-22(21-3-1-2-4-23(21)30-24)26(33)29-19-9-11-20(12-10-19)31-14-13-28-25(32)16-31/h1-12,15H,13-14,16H2,(H,28,32)(H,29,33). The molecule has 0 spiro atoms. The summed E-state index contributed by atoms with van der Waals surface area (Å²) in [4.78, 5) is 31.7. The Balaban J connectivity index is 1.43. The van der Waals surface area contributed by atoms with Gasteiger partial charge in [-0.1, -0.05) is 41.9 Å². The van der Waals surface area contributed by atoms with Gasteiger partial charge >= 0.3 is 0 Å². The highest BCUT2D eigenvalue weighted by atomic mass is 35.5. The fourth-order valence-electron chi connectivity index (χ4n) is 3.94. The Kier molecular flexibility index (Phi) is 5.67. The Morgan fingerprint density at radius 1 is 1.00 bits per heavy atom. The van der Waals surface area contributed by atoms with Gasteiger partial charge in [0.2, 0.25) is 5.91 Å². The van der Waals surface area contributed by atoms with E-state index >= 15 is 0 Å². The lowest BCUT2D eigenvalue weighted by atomic mass is 10.0. The van der Waals surface area contributed by atoms with Crippen LogP contribution in [-0.4, -0.2) is 36.4 Å². The Morgan fingerprint density at radius 3 is 2.52 bits per heavy atom. The number of benzene rings is 3. The molecule has 1 aliphatic heterocycles. The summed E-state index contributed by atoms with van der Waals surface area (Å²) in [6.45, 7) is 1.72. The van der Waals surface area contributed by atoms with E-state index in [9.17, 15) is 9.59 Å². The largest absolute Gasteiger partial charge is 0.360 e. The van der Waals surface area contributed by atoms with E-state index in [2.05, 4.69) is 10.6 Å². The molecule has 0 atom stereocenters. The van der Waals surface area contributed by atoms with Crippen LogP contribution < -0.4 is 15.5 Å². The van der Waals surface area contributed by atoms with Gasteiger partial charge in [0.25, 0.3) is 5.91 Å². The first-order chi connectivity index (χ1) is 16.1. The van der Waals surface area contributed by atoms with Crippen LogP contribution in [0, 0.1) is 0 Å². The minimum atomic E-state index is -0.214. The van der Waals surface area contributed by atoms with Crippen molar-refractivity contribution in [3.05, 3.63) is 89.4 Å². The summed E-state index contributed by atoms with van der Waals surface area (Å²) >= 11 is 6.03. The maximum Gasteiger partial charge on any atom is 0.256 e. The monoisotopic (exact) mass is 456 g/mol. The summed E-state index contributed by atoms with van der Waals surface area (Å²) in [7, 11) is 0. The summed E-state index contributed by atoms with van der Waals surface area (Å²) in [6.07, 6.45) is 0. The van der Waals surface area contributed by atoms with Crippen molar-refractivity contribution in [2.75, 3.05) is 29.9 Å². The van der Waals surface area contributed by atoms with Crippen molar-refractivity contribution < 1.29 is 9.59 Å². The molecule has 1 saturated heterocycles. The first-order valence-electron chi connectivity index (χ1n) is 10.7. The third-order valence-corrected chi connectivity index (χ3v) is 5.88. The van der Waals surface area contributed by atoms with Gasteiger partial charge in [0.1, 0.15) is 0 Å². The molecule has 1 aromatic heterocycles. The van der Waals surface area contributed by atoms with Crippen molar-refractivity contribution >= 4 is 45.7 Å². The quantitative estimate of drug-likeness (QED) is 0.465. The zero-order valence-electron chi connectivity index (χ0n) is 17.7. The lowest BCUT2D eigenvalue weighted by Crippen LogP contribution is -2.47. The number of hydrogen-bond acceptors (Lipinski definition) is 4. The van der Waals surface area contributed by atoms with E-state index in [-0.39, 0.29) is 11.8 Å². The predicted molar refractivity (Wildman–Crippen MR) is 132 cm³/mol. The molecular formula is C26H21ClN4O2. The molecule has 1 aliphatic rings. The molecule has 1 fully saturated rings. The van der Waals surface area contributed by atoms with Gasteiger partial charge in [-0.25, -0.2) is 4.98 Å². The Bertz CT molecular complexity index is 1340. The highest BCUT2D eigenvalue weighted by molar-refractivity contribution is 6.30. The highest BCUT2D eigenvalue weighted by Crippen LogP contribution is 2.27. The Labute approximate surface area is 196 Å². The van der Waals surface area contributed by atoms with Gasteiger partial charge in [0.05, 0.1) is 23.3 Å². The van der Waals surface area contributed by atoms with E-state index in [0.29, 0.717) is 35.1 Å². The number of nitrogens with one attached hydrogen (secondary N) is 2. The van der Waals surface area contributed by atoms with Crippen LogP contribution in [0.2, 0.25) is 5.02 Å². The maximum absolute atomic E-state index is 13.3. The second kappa shape index (κ2) is 8.92. The van der Waals surface area contributed by atoms with E-state index in [1.54, 1.807) is 12.1 Å². The van der Waals surface area contributed by atoms with Crippen molar-refractivity contribution in [1.82, 2.24) is 10.3 Å². The Hall–Kier alpha value is -3.90. The van der Waals surface area contributed by atoms with Crippen LogP contribution in [0.3, 0.4) is 0 Å². The zero-order valence-corrected chi connectivity index (χ0v) is 18.5.